The highest BCUT2D eigenvalue weighted by atomic mass is 19.1. The lowest BCUT2D eigenvalue weighted by Gasteiger charge is -2.34. The predicted molar refractivity (Wildman–Crippen MR) is 131 cm³/mol. The van der Waals surface area contributed by atoms with Crippen LogP contribution in [-0.4, -0.2) is 38.6 Å². The van der Waals surface area contributed by atoms with Gasteiger partial charge in [0.05, 0.1) is 7.11 Å². The number of nitrogens with one attached hydrogen (secondary N) is 1. The molecule has 1 fully saturated rings. The van der Waals surface area contributed by atoms with E-state index >= 15 is 4.39 Å². The number of piperazine rings is 1. The van der Waals surface area contributed by atoms with Gasteiger partial charge in [-0.15, -0.1) is 0 Å². The van der Waals surface area contributed by atoms with Crippen LogP contribution in [0.1, 0.15) is 62.3 Å². The molecule has 0 aliphatic carbocycles. The fourth-order valence-corrected chi connectivity index (χ4v) is 4.28. The van der Waals surface area contributed by atoms with Gasteiger partial charge in [-0.25, -0.2) is 4.39 Å². The molecule has 1 aliphatic rings. The summed E-state index contributed by atoms with van der Waals surface area (Å²) in [6, 6.07) is 9.75. The van der Waals surface area contributed by atoms with Gasteiger partial charge in [0.25, 0.3) is 0 Å². The molecule has 0 saturated carbocycles. The van der Waals surface area contributed by atoms with E-state index in [4.69, 9.17) is 4.74 Å². The quantitative estimate of drug-likeness (QED) is 0.452. The Hall–Kier alpha value is -2.66. The average Bonchev–Trinajstić information content (AvgIpc) is 2.77. The molecule has 0 bridgehead atoms. The third kappa shape index (κ3) is 5.21. The summed E-state index contributed by atoms with van der Waals surface area (Å²) in [5.74, 6) is 0.722. The van der Waals surface area contributed by atoms with Crippen LogP contribution < -0.4 is 15.0 Å². The first-order chi connectivity index (χ1) is 15.2. The maximum absolute atomic E-state index is 15.3. The molecule has 5 heteroatoms. The molecule has 2 aromatic carbocycles. The van der Waals surface area contributed by atoms with Crippen molar-refractivity contribution >= 4 is 23.1 Å². The molecule has 1 saturated heterocycles. The molecular weight excluding hydrogens is 403 g/mol. The topological polar surface area (TPSA) is 41.6 Å². The minimum absolute atomic E-state index is 0.0105. The maximum atomic E-state index is 15.3. The number of allylic oxidation sites excluding steroid dienone is 1. The van der Waals surface area contributed by atoms with Crippen LogP contribution in [0.3, 0.4) is 0 Å². The van der Waals surface area contributed by atoms with Crippen LogP contribution in [0.15, 0.2) is 30.3 Å². The summed E-state index contributed by atoms with van der Waals surface area (Å²) in [6.45, 7) is 12.6. The number of carbonyl (C=O) groups excluding carboxylic acids is 1. The fraction of sp³-hybridized carbons (Fsp3) is 0.444. The lowest BCUT2D eigenvalue weighted by molar-refractivity contribution is -0.113. The van der Waals surface area contributed by atoms with E-state index < -0.39 is 0 Å². The molecule has 1 heterocycles. The summed E-state index contributed by atoms with van der Waals surface area (Å²) in [7, 11) is 1.65. The van der Waals surface area contributed by atoms with E-state index in [1.165, 1.54) is 0 Å². The lowest BCUT2D eigenvalue weighted by Crippen LogP contribution is -2.49. The third-order valence-corrected chi connectivity index (χ3v) is 6.13. The Balaban J connectivity index is 2.06. The zero-order valence-corrected chi connectivity index (χ0v) is 20.1. The molecule has 3 rings (SSSR count). The highest BCUT2D eigenvalue weighted by Crippen LogP contribution is 2.33. The molecule has 0 aromatic heterocycles. The summed E-state index contributed by atoms with van der Waals surface area (Å²) in [5.41, 5.74) is 4.53. The fourth-order valence-electron chi connectivity index (χ4n) is 4.28. The van der Waals surface area contributed by atoms with Crippen LogP contribution in [-0.2, 0) is 4.79 Å². The normalized spacial score (nSPS) is 17.1. The molecule has 1 aliphatic heterocycles. The van der Waals surface area contributed by atoms with Crippen molar-refractivity contribution in [3.8, 4) is 5.75 Å². The number of Topliss-reactive ketones (excluding diaryl/α,β-unsaturated/α-hetero) is 1. The van der Waals surface area contributed by atoms with Crippen molar-refractivity contribution in [1.29, 1.82) is 0 Å². The van der Waals surface area contributed by atoms with Crippen molar-refractivity contribution in [2.24, 2.45) is 0 Å². The van der Waals surface area contributed by atoms with Gasteiger partial charge in [-0.3, -0.25) is 4.79 Å². The number of anilines is 1. The van der Waals surface area contributed by atoms with Gasteiger partial charge >= 0.3 is 0 Å². The van der Waals surface area contributed by atoms with Crippen molar-refractivity contribution in [2.75, 3.05) is 31.6 Å². The molecule has 2 aromatic rings. The molecule has 4 nitrogen and oxygen atoms in total. The number of methoxy groups -OCH3 is 1. The van der Waals surface area contributed by atoms with Crippen molar-refractivity contribution in [2.45, 2.75) is 53.0 Å². The summed E-state index contributed by atoms with van der Waals surface area (Å²) in [6.07, 6.45) is 2.07. The summed E-state index contributed by atoms with van der Waals surface area (Å²) < 4.78 is 20.8. The van der Waals surface area contributed by atoms with E-state index in [0.29, 0.717) is 23.6 Å². The third-order valence-electron chi connectivity index (χ3n) is 6.13. The number of ether oxygens (including phenoxy) is 1. The number of ketones is 1. The summed E-state index contributed by atoms with van der Waals surface area (Å²) in [4.78, 5) is 15.1. The standard InChI is InChI=1S/C27H35FN2O2/c1-7-26(31)24(20-8-9-27(32-6)22(13-20)17(2)3)15-23-18(4)12-21(14-25(23)28)30-11-10-29-19(5)16-30/h8-9,12-15,17,19,29H,7,10-11,16H2,1-6H3/b24-15-/t19-/m0/s1. The van der Waals surface area contributed by atoms with Gasteiger partial charge in [0.1, 0.15) is 11.6 Å². The van der Waals surface area contributed by atoms with Crippen LogP contribution in [0.25, 0.3) is 11.6 Å². The molecule has 32 heavy (non-hydrogen) atoms. The second kappa shape index (κ2) is 10.3. The van der Waals surface area contributed by atoms with Gasteiger partial charge in [0, 0.05) is 48.9 Å². The largest absolute Gasteiger partial charge is 0.496 e. The highest BCUT2D eigenvalue weighted by Gasteiger charge is 2.20. The van der Waals surface area contributed by atoms with Crippen molar-refractivity contribution < 1.29 is 13.9 Å². The Labute approximate surface area is 191 Å². The first-order valence-electron chi connectivity index (χ1n) is 11.5. The summed E-state index contributed by atoms with van der Waals surface area (Å²) >= 11 is 0. The predicted octanol–water partition coefficient (Wildman–Crippen LogP) is 5.58. The second-order valence-corrected chi connectivity index (χ2v) is 8.91. The zero-order valence-electron chi connectivity index (χ0n) is 20.1. The number of nitrogens with zero attached hydrogens (tertiary/aromatic N) is 1. The van der Waals surface area contributed by atoms with Gasteiger partial charge in [-0.2, -0.15) is 0 Å². The summed E-state index contributed by atoms with van der Waals surface area (Å²) in [5, 5.41) is 3.41. The van der Waals surface area contributed by atoms with E-state index in [-0.39, 0.29) is 17.5 Å². The van der Waals surface area contributed by atoms with E-state index in [1.54, 1.807) is 19.3 Å². The molecule has 0 radical (unpaired) electrons. The van der Waals surface area contributed by atoms with E-state index in [9.17, 15) is 4.79 Å². The van der Waals surface area contributed by atoms with Crippen molar-refractivity contribution in [1.82, 2.24) is 5.32 Å². The number of hydrogen-bond acceptors (Lipinski definition) is 4. The minimum atomic E-state index is -0.301. The van der Waals surface area contributed by atoms with Gasteiger partial charge in [-0.1, -0.05) is 26.8 Å². The highest BCUT2D eigenvalue weighted by molar-refractivity contribution is 6.25. The number of rotatable bonds is 7. The van der Waals surface area contributed by atoms with E-state index in [2.05, 4.69) is 31.0 Å². The molecule has 0 spiro atoms. The Bertz CT molecular complexity index is 990. The van der Waals surface area contributed by atoms with Crippen molar-refractivity contribution in [3.63, 3.8) is 0 Å². The number of benzene rings is 2. The number of carbonyl (C=O) groups is 1. The zero-order chi connectivity index (χ0) is 23.4. The Kier molecular flexibility index (Phi) is 7.73. The molecule has 0 amide bonds. The van der Waals surface area contributed by atoms with Crippen LogP contribution in [0, 0.1) is 12.7 Å². The minimum Gasteiger partial charge on any atom is -0.496 e. The first-order valence-corrected chi connectivity index (χ1v) is 11.5. The molecule has 172 valence electrons. The van der Waals surface area contributed by atoms with Gasteiger partial charge in [-0.05, 0) is 66.8 Å². The van der Waals surface area contributed by atoms with Crippen LogP contribution >= 0.6 is 0 Å². The van der Waals surface area contributed by atoms with Crippen LogP contribution in [0.2, 0.25) is 0 Å². The number of hydrogen-bond donors (Lipinski definition) is 1. The number of aryl methyl sites for hydroxylation is 1. The molecule has 1 N–H and O–H groups in total. The Morgan fingerprint density at radius 3 is 2.66 bits per heavy atom. The van der Waals surface area contributed by atoms with Gasteiger partial charge < -0.3 is 15.0 Å². The number of halogens is 1. The van der Waals surface area contributed by atoms with E-state index in [1.807, 2.05) is 38.1 Å². The first kappa shape index (κ1) is 24.0. The maximum Gasteiger partial charge on any atom is 0.163 e. The lowest BCUT2D eigenvalue weighted by atomic mass is 9.92. The molecular formula is C27H35FN2O2. The SMILES string of the molecule is CCC(=O)/C(=C\c1c(C)cc(N2CCN[C@@H](C)C2)cc1F)c1ccc(OC)c(C(C)C)c1. The average molecular weight is 439 g/mol. The molecule has 0 unspecified atom stereocenters. The Morgan fingerprint density at radius 1 is 1.31 bits per heavy atom. The van der Waals surface area contributed by atoms with E-state index in [0.717, 1.165) is 47.8 Å². The Morgan fingerprint density at radius 2 is 2.06 bits per heavy atom. The second-order valence-electron chi connectivity index (χ2n) is 8.91. The molecule has 1 atom stereocenters. The van der Waals surface area contributed by atoms with Gasteiger partial charge in [0.15, 0.2) is 5.78 Å². The van der Waals surface area contributed by atoms with Crippen LogP contribution in [0.4, 0.5) is 10.1 Å². The van der Waals surface area contributed by atoms with Crippen molar-refractivity contribution in [3.05, 3.63) is 58.4 Å². The van der Waals surface area contributed by atoms with Crippen LogP contribution in [0.5, 0.6) is 5.75 Å². The van der Waals surface area contributed by atoms with Gasteiger partial charge in [0.2, 0.25) is 0 Å². The smallest absolute Gasteiger partial charge is 0.163 e. The monoisotopic (exact) mass is 438 g/mol.